The van der Waals surface area contributed by atoms with Crippen molar-refractivity contribution < 1.29 is 14.3 Å². The summed E-state index contributed by atoms with van der Waals surface area (Å²) in [5.41, 5.74) is 4.67. The fraction of sp³-hybridized carbons (Fsp3) is 0.0909. The van der Waals surface area contributed by atoms with E-state index < -0.39 is 0 Å². The first kappa shape index (κ1) is 24.1. The van der Waals surface area contributed by atoms with Gasteiger partial charge in [-0.2, -0.15) is 5.10 Å². The predicted molar refractivity (Wildman–Crippen MR) is 141 cm³/mol. The molecule has 160 valence electrons. The highest BCUT2D eigenvalue weighted by atomic mass is 127. The number of benzene rings is 3. The maximum atomic E-state index is 12.2. The van der Waals surface area contributed by atoms with Crippen molar-refractivity contribution >= 4 is 80.5 Å². The lowest BCUT2D eigenvalue weighted by Gasteiger charge is -2.12. The van der Waals surface area contributed by atoms with E-state index in [0.29, 0.717) is 28.0 Å². The third-order valence-electron chi connectivity index (χ3n) is 4.12. The average Bonchev–Trinajstić information content (AvgIpc) is 2.74. The molecule has 0 saturated heterocycles. The van der Waals surface area contributed by atoms with E-state index in [0.717, 1.165) is 24.0 Å². The lowest BCUT2D eigenvalue weighted by atomic mass is 10.2. The van der Waals surface area contributed by atoms with Crippen LogP contribution in [0.2, 0.25) is 10.0 Å². The number of hydrazone groups is 1. The molecule has 0 radical (unpaired) electrons. The molecule has 1 amide bonds. The molecular formula is C22H16Cl2I2N2O3. The van der Waals surface area contributed by atoms with E-state index in [2.05, 4.69) is 55.7 Å². The van der Waals surface area contributed by atoms with Crippen molar-refractivity contribution in [3.63, 3.8) is 0 Å². The number of hydrogen-bond donors (Lipinski definition) is 1. The number of hydrogen-bond acceptors (Lipinski definition) is 4. The van der Waals surface area contributed by atoms with Crippen LogP contribution in [0.1, 0.15) is 21.5 Å². The van der Waals surface area contributed by atoms with Crippen molar-refractivity contribution in [2.24, 2.45) is 5.10 Å². The van der Waals surface area contributed by atoms with Crippen molar-refractivity contribution in [1.82, 2.24) is 5.43 Å². The molecule has 5 nitrogen and oxygen atoms in total. The topological polar surface area (TPSA) is 59.9 Å². The van der Waals surface area contributed by atoms with Gasteiger partial charge >= 0.3 is 0 Å². The second-order valence-corrected chi connectivity index (χ2v) is 9.44. The highest BCUT2D eigenvalue weighted by molar-refractivity contribution is 14.1. The number of nitrogens with one attached hydrogen (secondary N) is 1. The van der Waals surface area contributed by atoms with Crippen LogP contribution < -0.4 is 14.9 Å². The molecule has 0 aromatic heterocycles. The van der Waals surface area contributed by atoms with Gasteiger partial charge < -0.3 is 9.47 Å². The van der Waals surface area contributed by atoms with Gasteiger partial charge in [0.15, 0.2) is 0 Å². The molecule has 0 spiro atoms. The Balaban J connectivity index is 1.66. The van der Waals surface area contributed by atoms with Crippen molar-refractivity contribution in [3.05, 3.63) is 88.5 Å². The molecule has 0 fully saturated rings. The molecule has 3 aromatic rings. The monoisotopic (exact) mass is 680 g/mol. The predicted octanol–water partition coefficient (Wildman–Crippen LogP) is 6.55. The van der Waals surface area contributed by atoms with Crippen LogP contribution in [0.5, 0.6) is 11.5 Å². The number of amides is 1. The zero-order chi connectivity index (χ0) is 22.4. The van der Waals surface area contributed by atoms with Crippen LogP contribution in [0.15, 0.2) is 59.7 Å². The van der Waals surface area contributed by atoms with Crippen LogP contribution in [-0.2, 0) is 6.61 Å². The molecule has 0 bridgehead atoms. The van der Waals surface area contributed by atoms with Gasteiger partial charge in [0.25, 0.3) is 5.91 Å². The Morgan fingerprint density at radius 2 is 1.84 bits per heavy atom. The maximum absolute atomic E-state index is 12.2. The van der Waals surface area contributed by atoms with Crippen LogP contribution in [0.4, 0.5) is 0 Å². The molecule has 3 rings (SSSR count). The van der Waals surface area contributed by atoms with Crippen LogP contribution in [0.25, 0.3) is 0 Å². The minimum absolute atomic E-state index is 0.320. The summed E-state index contributed by atoms with van der Waals surface area (Å²) in [7, 11) is 1.55. The standard InChI is InChI=1S/C22H16Cl2I2N2O3/c1-30-17-4-2-3-14(9-17)22(29)28-27-11-13-7-19(25)21(20(26)8-13)31-12-15-5-6-16(23)10-18(15)24/h2-11H,12H2,1H3,(H,28,29)/b27-11+. The Morgan fingerprint density at radius 3 is 2.52 bits per heavy atom. The fourth-order valence-corrected chi connectivity index (χ4v) is 5.17. The van der Waals surface area contributed by atoms with E-state index >= 15 is 0 Å². The molecule has 0 aliphatic rings. The first-order valence-corrected chi connectivity index (χ1v) is 11.8. The lowest BCUT2D eigenvalue weighted by Crippen LogP contribution is -2.17. The van der Waals surface area contributed by atoms with E-state index in [1.807, 2.05) is 18.2 Å². The van der Waals surface area contributed by atoms with Gasteiger partial charge in [-0.25, -0.2) is 5.43 Å². The number of methoxy groups -OCH3 is 1. The van der Waals surface area contributed by atoms with Crippen molar-refractivity contribution in [2.45, 2.75) is 6.61 Å². The summed E-state index contributed by atoms with van der Waals surface area (Å²) in [4.78, 5) is 12.2. The Bertz CT molecular complexity index is 1120. The Labute approximate surface area is 217 Å². The highest BCUT2D eigenvalue weighted by Gasteiger charge is 2.11. The summed E-state index contributed by atoms with van der Waals surface area (Å²) in [6.45, 7) is 0.325. The normalized spacial score (nSPS) is 10.9. The zero-order valence-corrected chi connectivity index (χ0v) is 22.0. The number of nitrogens with zero attached hydrogens (tertiary/aromatic N) is 1. The maximum Gasteiger partial charge on any atom is 0.271 e. The largest absolute Gasteiger partial charge is 0.497 e. The van der Waals surface area contributed by atoms with Crippen molar-refractivity contribution in [3.8, 4) is 11.5 Å². The highest BCUT2D eigenvalue weighted by Crippen LogP contribution is 2.30. The average molecular weight is 681 g/mol. The van der Waals surface area contributed by atoms with Gasteiger partial charge in [-0.3, -0.25) is 4.79 Å². The number of carbonyl (C=O) groups excluding carboxylic acids is 1. The number of rotatable bonds is 7. The Hall–Kier alpha value is -1.56. The molecule has 1 N–H and O–H groups in total. The van der Waals surface area contributed by atoms with Gasteiger partial charge in [0, 0.05) is 21.2 Å². The van der Waals surface area contributed by atoms with E-state index in [1.54, 1.807) is 49.7 Å². The van der Waals surface area contributed by atoms with Gasteiger partial charge in [-0.05, 0) is 93.2 Å². The minimum atomic E-state index is -0.320. The molecule has 0 atom stereocenters. The molecule has 0 saturated carbocycles. The van der Waals surface area contributed by atoms with Gasteiger partial charge in [-0.15, -0.1) is 0 Å². The number of halogens is 4. The third kappa shape index (κ3) is 6.71. The number of ether oxygens (including phenoxy) is 2. The van der Waals surface area contributed by atoms with Gasteiger partial charge in [0.1, 0.15) is 18.1 Å². The van der Waals surface area contributed by atoms with Gasteiger partial charge in [0.05, 0.1) is 20.5 Å². The van der Waals surface area contributed by atoms with Crippen molar-refractivity contribution in [2.75, 3.05) is 7.11 Å². The summed E-state index contributed by atoms with van der Waals surface area (Å²) in [5.74, 6) is 1.04. The van der Waals surface area contributed by atoms with Gasteiger partial charge in [-0.1, -0.05) is 35.3 Å². The summed E-state index contributed by atoms with van der Waals surface area (Å²) in [5, 5.41) is 5.20. The molecule has 3 aromatic carbocycles. The minimum Gasteiger partial charge on any atom is -0.497 e. The quantitative estimate of drug-likeness (QED) is 0.175. The molecule has 0 unspecified atom stereocenters. The Morgan fingerprint density at radius 1 is 1.10 bits per heavy atom. The molecular weight excluding hydrogens is 665 g/mol. The van der Waals surface area contributed by atoms with Crippen LogP contribution >= 0.6 is 68.4 Å². The summed E-state index contributed by atoms with van der Waals surface area (Å²) < 4.78 is 12.9. The van der Waals surface area contributed by atoms with Crippen LogP contribution in [0, 0.1) is 7.14 Å². The van der Waals surface area contributed by atoms with Gasteiger partial charge in [0.2, 0.25) is 0 Å². The van der Waals surface area contributed by atoms with Crippen LogP contribution in [0.3, 0.4) is 0 Å². The summed E-state index contributed by atoms with van der Waals surface area (Å²) in [6, 6.07) is 16.0. The first-order chi connectivity index (χ1) is 14.9. The van der Waals surface area contributed by atoms with Crippen LogP contribution in [-0.4, -0.2) is 19.2 Å². The molecule has 0 heterocycles. The summed E-state index contributed by atoms with van der Waals surface area (Å²) >= 11 is 16.6. The molecule has 9 heteroatoms. The van der Waals surface area contributed by atoms with E-state index in [1.165, 1.54) is 0 Å². The lowest BCUT2D eigenvalue weighted by molar-refractivity contribution is 0.0955. The second-order valence-electron chi connectivity index (χ2n) is 6.27. The fourth-order valence-electron chi connectivity index (χ4n) is 2.57. The SMILES string of the molecule is COc1cccc(C(=O)N/N=C/c2cc(I)c(OCc3ccc(Cl)cc3Cl)c(I)c2)c1. The van der Waals surface area contributed by atoms with Crippen molar-refractivity contribution in [1.29, 1.82) is 0 Å². The van der Waals surface area contributed by atoms with E-state index in [9.17, 15) is 4.79 Å². The molecule has 0 aliphatic carbocycles. The second kappa shape index (κ2) is 11.3. The molecule has 31 heavy (non-hydrogen) atoms. The third-order valence-corrected chi connectivity index (χ3v) is 6.31. The van der Waals surface area contributed by atoms with E-state index in [4.69, 9.17) is 32.7 Å². The number of carbonyl (C=O) groups is 1. The molecule has 0 aliphatic heterocycles. The van der Waals surface area contributed by atoms with E-state index in [-0.39, 0.29) is 5.91 Å². The zero-order valence-electron chi connectivity index (χ0n) is 16.2. The summed E-state index contributed by atoms with van der Waals surface area (Å²) in [6.07, 6.45) is 1.59. The Kier molecular flexibility index (Phi) is 8.82. The first-order valence-electron chi connectivity index (χ1n) is 8.90. The smallest absolute Gasteiger partial charge is 0.271 e.